The van der Waals surface area contributed by atoms with E-state index < -0.39 is 0 Å². The van der Waals surface area contributed by atoms with Crippen molar-refractivity contribution in [2.45, 2.75) is 25.5 Å². The first-order valence-corrected chi connectivity index (χ1v) is 12.0. The van der Waals surface area contributed by atoms with E-state index >= 15 is 0 Å². The van der Waals surface area contributed by atoms with E-state index in [9.17, 15) is 9.59 Å². The van der Waals surface area contributed by atoms with Gasteiger partial charge in [-0.1, -0.05) is 59.2 Å². The quantitative estimate of drug-likeness (QED) is 0.273. The molecule has 1 amide bonds. The fourth-order valence-electron chi connectivity index (χ4n) is 3.56. The Bertz CT molecular complexity index is 1400. The highest BCUT2D eigenvalue weighted by atomic mass is 35.5. The van der Waals surface area contributed by atoms with Crippen molar-refractivity contribution < 1.29 is 4.79 Å². The summed E-state index contributed by atoms with van der Waals surface area (Å²) in [4.78, 5) is 30.6. The highest BCUT2D eigenvalue weighted by Crippen LogP contribution is 2.23. The van der Waals surface area contributed by atoms with Crippen LogP contribution in [0.1, 0.15) is 16.7 Å². The maximum absolute atomic E-state index is 13.4. The van der Waals surface area contributed by atoms with Crippen molar-refractivity contribution in [1.82, 2.24) is 14.9 Å². The van der Waals surface area contributed by atoms with E-state index in [2.05, 4.69) is 5.32 Å². The smallest absolute Gasteiger partial charge is 0.266 e. The minimum absolute atomic E-state index is 0.0980. The van der Waals surface area contributed by atoms with Crippen molar-refractivity contribution in [1.29, 1.82) is 0 Å². The van der Waals surface area contributed by atoms with Crippen molar-refractivity contribution >= 4 is 51.8 Å². The third-order valence-electron chi connectivity index (χ3n) is 5.03. The van der Waals surface area contributed by atoms with Gasteiger partial charge < -0.3 is 5.32 Å². The summed E-state index contributed by atoms with van der Waals surface area (Å²) >= 11 is 13.3. The lowest BCUT2D eigenvalue weighted by Gasteiger charge is -2.14. The number of fused-ring (bicyclic) bond motifs is 1. The van der Waals surface area contributed by atoms with Crippen LogP contribution in [0.4, 0.5) is 0 Å². The molecule has 168 valence electrons. The minimum Gasteiger partial charge on any atom is -0.351 e. The zero-order valence-corrected chi connectivity index (χ0v) is 20.4. The summed E-state index contributed by atoms with van der Waals surface area (Å²) in [6.07, 6.45) is 0. The van der Waals surface area contributed by atoms with E-state index in [0.717, 1.165) is 22.4 Å². The van der Waals surface area contributed by atoms with Crippen molar-refractivity contribution in [3.8, 4) is 5.69 Å². The SMILES string of the molecule is Cc1cc(C)cc(-n2c(SCC(=O)NCc3ccc(Cl)cc3Cl)nc3ccccc3c2=O)c1. The molecule has 4 aromatic rings. The molecule has 8 heteroatoms. The molecular weight excluding hydrogens is 477 g/mol. The number of thioether (sulfide) groups is 1. The van der Waals surface area contributed by atoms with Gasteiger partial charge in [0.25, 0.3) is 5.56 Å². The molecule has 1 N–H and O–H groups in total. The van der Waals surface area contributed by atoms with Crippen molar-refractivity contribution in [2.24, 2.45) is 0 Å². The average Bonchev–Trinajstić information content (AvgIpc) is 2.76. The monoisotopic (exact) mass is 497 g/mol. The van der Waals surface area contributed by atoms with Crippen LogP contribution in [0.25, 0.3) is 16.6 Å². The van der Waals surface area contributed by atoms with Gasteiger partial charge in [-0.25, -0.2) is 4.98 Å². The van der Waals surface area contributed by atoms with Gasteiger partial charge in [0.05, 0.1) is 22.3 Å². The molecule has 0 unspecified atom stereocenters. The molecule has 3 aromatic carbocycles. The third-order valence-corrected chi connectivity index (χ3v) is 6.56. The number of rotatable bonds is 6. The molecule has 0 atom stereocenters. The Hall–Kier alpha value is -2.80. The highest BCUT2D eigenvalue weighted by molar-refractivity contribution is 7.99. The molecule has 0 aliphatic carbocycles. The van der Waals surface area contributed by atoms with Crippen LogP contribution >= 0.6 is 35.0 Å². The first-order valence-electron chi connectivity index (χ1n) is 10.3. The Kier molecular flexibility index (Phi) is 7.08. The highest BCUT2D eigenvalue weighted by Gasteiger charge is 2.15. The van der Waals surface area contributed by atoms with Crippen LogP contribution in [-0.4, -0.2) is 21.2 Å². The molecule has 5 nitrogen and oxygen atoms in total. The standard InChI is InChI=1S/C25H21Cl2N3O2S/c1-15-9-16(2)11-19(10-15)30-24(32)20-5-3-4-6-22(20)29-25(30)33-14-23(31)28-13-17-7-8-18(26)12-21(17)27/h3-12H,13-14H2,1-2H3,(H,28,31). The second-order valence-corrected chi connectivity index (χ2v) is 9.49. The van der Waals surface area contributed by atoms with Crippen molar-refractivity contribution in [3.63, 3.8) is 0 Å². The summed E-state index contributed by atoms with van der Waals surface area (Å²) < 4.78 is 1.58. The summed E-state index contributed by atoms with van der Waals surface area (Å²) in [6.45, 7) is 4.25. The number of carbonyl (C=O) groups is 1. The van der Waals surface area contributed by atoms with Gasteiger partial charge in [0.2, 0.25) is 5.91 Å². The first kappa shape index (κ1) is 23.4. The Labute approximate surface area is 205 Å². The number of hydrogen-bond acceptors (Lipinski definition) is 4. The Morgan fingerprint density at radius 1 is 1.03 bits per heavy atom. The summed E-state index contributed by atoms with van der Waals surface area (Å²) in [5.74, 6) is -0.0961. The maximum Gasteiger partial charge on any atom is 0.266 e. The van der Waals surface area contributed by atoms with Crippen LogP contribution in [0.3, 0.4) is 0 Å². The molecule has 0 saturated heterocycles. The average molecular weight is 498 g/mol. The van der Waals surface area contributed by atoms with Crippen molar-refractivity contribution in [3.05, 3.63) is 97.8 Å². The van der Waals surface area contributed by atoms with Crippen LogP contribution in [0.5, 0.6) is 0 Å². The fourth-order valence-corrected chi connectivity index (χ4v) is 4.87. The first-order chi connectivity index (χ1) is 15.8. The number of benzene rings is 3. The van der Waals surface area contributed by atoms with Gasteiger partial charge in [0.15, 0.2) is 5.16 Å². The number of nitrogens with one attached hydrogen (secondary N) is 1. The topological polar surface area (TPSA) is 64.0 Å². The molecule has 0 fully saturated rings. The van der Waals surface area contributed by atoms with E-state index in [-0.39, 0.29) is 23.8 Å². The molecule has 0 saturated carbocycles. The van der Waals surface area contributed by atoms with Crippen LogP contribution in [0.2, 0.25) is 10.0 Å². The molecule has 0 bridgehead atoms. The largest absolute Gasteiger partial charge is 0.351 e. The van der Waals surface area contributed by atoms with Crippen LogP contribution < -0.4 is 10.9 Å². The summed E-state index contributed by atoms with van der Waals surface area (Å²) in [5, 5.41) is 4.88. The number of hydrogen-bond donors (Lipinski definition) is 1. The molecule has 0 spiro atoms. The number of aryl methyl sites for hydroxylation is 2. The number of nitrogens with zero attached hydrogens (tertiary/aromatic N) is 2. The Balaban J connectivity index is 1.61. The van der Waals surface area contributed by atoms with E-state index in [1.54, 1.807) is 34.9 Å². The number of halogens is 2. The molecule has 0 radical (unpaired) electrons. The van der Waals surface area contributed by atoms with E-state index in [4.69, 9.17) is 28.2 Å². The molecule has 4 rings (SSSR count). The second-order valence-electron chi connectivity index (χ2n) is 7.70. The van der Waals surface area contributed by atoms with E-state index in [0.29, 0.717) is 26.1 Å². The molecule has 33 heavy (non-hydrogen) atoms. The minimum atomic E-state index is -0.194. The zero-order chi connectivity index (χ0) is 23.5. The van der Waals surface area contributed by atoms with E-state index in [1.807, 2.05) is 44.2 Å². The van der Waals surface area contributed by atoms with Gasteiger partial charge in [-0.2, -0.15) is 0 Å². The van der Waals surface area contributed by atoms with Gasteiger partial charge in [-0.3, -0.25) is 14.2 Å². The van der Waals surface area contributed by atoms with E-state index in [1.165, 1.54) is 11.8 Å². The van der Waals surface area contributed by atoms with Gasteiger partial charge in [-0.15, -0.1) is 0 Å². The van der Waals surface area contributed by atoms with Gasteiger partial charge in [-0.05, 0) is 66.9 Å². The van der Waals surface area contributed by atoms with Crippen molar-refractivity contribution in [2.75, 3.05) is 5.75 Å². The summed E-state index contributed by atoms with van der Waals surface area (Å²) in [7, 11) is 0. The zero-order valence-electron chi connectivity index (χ0n) is 18.1. The Morgan fingerprint density at radius 2 is 1.76 bits per heavy atom. The fraction of sp³-hybridized carbons (Fsp3) is 0.160. The van der Waals surface area contributed by atoms with Crippen LogP contribution in [0, 0.1) is 13.8 Å². The number of para-hydroxylation sites is 1. The lowest BCUT2D eigenvalue weighted by Crippen LogP contribution is -2.26. The van der Waals surface area contributed by atoms with Crippen LogP contribution in [-0.2, 0) is 11.3 Å². The lowest BCUT2D eigenvalue weighted by molar-refractivity contribution is -0.118. The predicted molar refractivity (Wildman–Crippen MR) is 136 cm³/mol. The van der Waals surface area contributed by atoms with Gasteiger partial charge >= 0.3 is 0 Å². The molecule has 0 aliphatic rings. The van der Waals surface area contributed by atoms with Gasteiger partial charge in [0, 0.05) is 16.6 Å². The molecule has 1 aromatic heterocycles. The normalized spacial score (nSPS) is 11.0. The molecule has 0 aliphatic heterocycles. The van der Waals surface area contributed by atoms with Crippen LogP contribution in [0.15, 0.2) is 70.6 Å². The Morgan fingerprint density at radius 3 is 2.48 bits per heavy atom. The predicted octanol–water partition coefficient (Wildman–Crippen LogP) is 5.72. The second kappa shape index (κ2) is 10.00. The molecule has 1 heterocycles. The number of amides is 1. The summed E-state index contributed by atoms with van der Waals surface area (Å²) in [6, 6.07) is 18.3. The lowest BCUT2D eigenvalue weighted by atomic mass is 10.1. The molecular formula is C25H21Cl2N3O2S. The van der Waals surface area contributed by atoms with Gasteiger partial charge in [0.1, 0.15) is 0 Å². The third kappa shape index (κ3) is 5.41. The number of aromatic nitrogens is 2. The maximum atomic E-state index is 13.4. The number of carbonyl (C=O) groups excluding carboxylic acids is 1. The summed E-state index contributed by atoms with van der Waals surface area (Å²) in [5.41, 5.74) is 4.01.